The van der Waals surface area contributed by atoms with E-state index in [1.807, 2.05) is 37.3 Å². The molecule has 3 heteroatoms. The molecular formula is C16H15FN2. The Balaban J connectivity index is 2.18. The van der Waals surface area contributed by atoms with Crippen LogP contribution < -0.4 is 5.32 Å². The highest BCUT2D eigenvalue weighted by Crippen LogP contribution is 2.23. The van der Waals surface area contributed by atoms with Crippen molar-refractivity contribution in [1.29, 1.82) is 5.26 Å². The summed E-state index contributed by atoms with van der Waals surface area (Å²) in [6.45, 7) is 1.96. The molecule has 0 bridgehead atoms. The van der Waals surface area contributed by atoms with Crippen LogP contribution in [0.3, 0.4) is 0 Å². The van der Waals surface area contributed by atoms with Gasteiger partial charge in [0.2, 0.25) is 0 Å². The summed E-state index contributed by atoms with van der Waals surface area (Å²) in [5.41, 5.74) is 1.41. The number of anilines is 1. The van der Waals surface area contributed by atoms with Crippen molar-refractivity contribution in [3.8, 4) is 6.07 Å². The Morgan fingerprint density at radius 3 is 2.32 bits per heavy atom. The van der Waals surface area contributed by atoms with Gasteiger partial charge in [0.25, 0.3) is 0 Å². The van der Waals surface area contributed by atoms with Gasteiger partial charge in [-0.25, -0.2) is 4.39 Å². The molecule has 2 aromatic carbocycles. The molecule has 0 saturated carbocycles. The van der Waals surface area contributed by atoms with Gasteiger partial charge in [0.15, 0.2) is 0 Å². The topological polar surface area (TPSA) is 35.8 Å². The predicted molar refractivity (Wildman–Crippen MR) is 74.3 cm³/mol. The molecule has 19 heavy (non-hydrogen) atoms. The Bertz CT molecular complexity index is 575. The van der Waals surface area contributed by atoms with Gasteiger partial charge in [-0.1, -0.05) is 49.4 Å². The van der Waals surface area contributed by atoms with Gasteiger partial charge in [-0.3, -0.25) is 0 Å². The first-order valence-electron chi connectivity index (χ1n) is 6.18. The fourth-order valence-electron chi connectivity index (χ4n) is 1.96. The predicted octanol–water partition coefficient (Wildman–Crippen LogP) is 3.93. The van der Waals surface area contributed by atoms with Crippen molar-refractivity contribution in [2.45, 2.75) is 18.9 Å². The fraction of sp³-hybridized carbons (Fsp3) is 0.188. The van der Waals surface area contributed by atoms with E-state index in [9.17, 15) is 9.65 Å². The number of nitriles is 1. The van der Waals surface area contributed by atoms with Crippen LogP contribution in [-0.2, 0) is 0 Å². The maximum absolute atomic E-state index is 13.6. The number of para-hydroxylation sites is 1. The summed E-state index contributed by atoms with van der Waals surface area (Å²) in [6, 6.07) is 17.9. The Hall–Kier alpha value is -2.34. The van der Waals surface area contributed by atoms with Crippen molar-refractivity contribution in [1.82, 2.24) is 0 Å². The Kier molecular flexibility index (Phi) is 4.15. The van der Waals surface area contributed by atoms with Gasteiger partial charge < -0.3 is 5.32 Å². The van der Waals surface area contributed by atoms with Crippen LogP contribution >= 0.6 is 0 Å². The van der Waals surface area contributed by atoms with Crippen LogP contribution in [0.25, 0.3) is 0 Å². The molecule has 0 amide bonds. The second kappa shape index (κ2) is 6.01. The van der Waals surface area contributed by atoms with Crippen molar-refractivity contribution < 1.29 is 4.39 Å². The van der Waals surface area contributed by atoms with Crippen molar-refractivity contribution in [3.63, 3.8) is 0 Å². The number of benzene rings is 2. The highest BCUT2D eigenvalue weighted by atomic mass is 19.1. The highest BCUT2D eigenvalue weighted by molar-refractivity contribution is 5.47. The standard InChI is InChI=1S/C16H15FN2/c1-12(13-7-3-2-4-8-13)16(11-18)19-15-10-6-5-9-14(15)17/h2-10,12,16,19H,1H3. The van der Waals surface area contributed by atoms with Crippen LogP contribution in [0.5, 0.6) is 0 Å². The van der Waals surface area contributed by atoms with E-state index in [1.54, 1.807) is 18.2 Å². The quantitative estimate of drug-likeness (QED) is 0.897. The van der Waals surface area contributed by atoms with Crippen LogP contribution in [0.15, 0.2) is 54.6 Å². The summed E-state index contributed by atoms with van der Waals surface area (Å²) in [6.07, 6.45) is 0. The third-order valence-electron chi connectivity index (χ3n) is 3.15. The van der Waals surface area contributed by atoms with Gasteiger partial charge in [0.05, 0.1) is 11.8 Å². The van der Waals surface area contributed by atoms with Gasteiger partial charge >= 0.3 is 0 Å². The average Bonchev–Trinajstić information content (AvgIpc) is 2.47. The molecule has 96 valence electrons. The lowest BCUT2D eigenvalue weighted by Crippen LogP contribution is -2.24. The molecule has 0 fully saturated rings. The van der Waals surface area contributed by atoms with Crippen molar-refractivity contribution in [2.24, 2.45) is 0 Å². The van der Waals surface area contributed by atoms with Crippen LogP contribution in [0.1, 0.15) is 18.4 Å². The minimum Gasteiger partial charge on any atom is -0.367 e. The van der Waals surface area contributed by atoms with E-state index in [-0.39, 0.29) is 11.7 Å². The largest absolute Gasteiger partial charge is 0.367 e. The molecule has 0 spiro atoms. The third-order valence-corrected chi connectivity index (χ3v) is 3.15. The summed E-state index contributed by atoms with van der Waals surface area (Å²) < 4.78 is 13.6. The number of rotatable bonds is 4. The number of nitrogens with zero attached hydrogens (tertiary/aromatic N) is 1. The van der Waals surface area contributed by atoms with E-state index in [0.29, 0.717) is 5.69 Å². The molecular weight excluding hydrogens is 239 g/mol. The first-order valence-corrected chi connectivity index (χ1v) is 6.18. The molecule has 0 aliphatic rings. The minimum atomic E-state index is -0.473. The zero-order valence-corrected chi connectivity index (χ0v) is 10.7. The van der Waals surface area contributed by atoms with E-state index >= 15 is 0 Å². The summed E-state index contributed by atoms with van der Waals surface area (Å²) in [5, 5.41) is 12.2. The zero-order chi connectivity index (χ0) is 13.7. The Morgan fingerprint density at radius 1 is 1.05 bits per heavy atom. The second-order valence-corrected chi connectivity index (χ2v) is 4.43. The van der Waals surface area contributed by atoms with Crippen LogP contribution in [-0.4, -0.2) is 6.04 Å². The molecule has 2 rings (SSSR count). The normalized spacial score (nSPS) is 13.3. The van der Waals surface area contributed by atoms with E-state index in [2.05, 4.69) is 11.4 Å². The van der Waals surface area contributed by atoms with Gasteiger partial charge in [-0.05, 0) is 17.7 Å². The molecule has 2 unspecified atom stereocenters. The van der Waals surface area contributed by atoms with Gasteiger partial charge in [0, 0.05) is 5.92 Å². The number of hydrogen-bond acceptors (Lipinski definition) is 2. The molecule has 0 aliphatic heterocycles. The Morgan fingerprint density at radius 2 is 1.68 bits per heavy atom. The van der Waals surface area contributed by atoms with Gasteiger partial charge in [0.1, 0.15) is 11.9 Å². The maximum atomic E-state index is 13.6. The molecule has 2 nitrogen and oxygen atoms in total. The van der Waals surface area contributed by atoms with Gasteiger partial charge in [-0.15, -0.1) is 0 Å². The van der Waals surface area contributed by atoms with Crippen molar-refractivity contribution >= 4 is 5.69 Å². The Labute approximate surface area is 112 Å². The summed E-state index contributed by atoms with van der Waals surface area (Å²) >= 11 is 0. The molecule has 0 radical (unpaired) electrons. The summed E-state index contributed by atoms with van der Waals surface area (Å²) in [5.74, 6) is -0.367. The van der Waals surface area contributed by atoms with Crippen LogP contribution in [0, 0.1) is 17.1 Å². The SMILES string of the molecule is CC(c1ccccc1)C(C#N)Nc1ccccc1F. The van der Waals surface area contributed by atoms with E-state index < -0.39 is 6.04 Å². The summed E-state index contributed by atoms with van der Waals surface area (Å²) in [7, 11) is 0. The third kappa shape index (κ3) is 3.11. The summed E-state index contributed by atoms with van der Waals surface area (Å²) in [4.78, 5) is 0. The highest BCUT2D eigenvalue weighted by Gasteiger charge is 2.19. The number of nitrogens with one attached hydrogen (secondary N) is 1. The molecule has 0 aromatic heterocycles. The van der Waals surface area contributed by atoms with E-state index in [1.165, 1.54) is 6.07 Å². The molecule has 0 heterocycles. The van der Waals surface area contributed by atoms with E-state index in [4.69, 9.17) is 0 Å². The zero-order valence-electron chi connectivity index (χ0n) is 10.7. The molecule has 2 aromatic rings. The minimum absolute atomic E-state index is 0.0224. The molecule has 2 atom stereocenters. The smallest absolute Gasteiger partial charge is 0.146 e. The molecule has 1 N–H and O–H groups in total. The van der Waals surface area contributed by atoms with Crippen molar-refractivity contribution in [3.05, 3.63) is 66.0 Å². The molecule has 0 saturated heterocycles. The van der Waals surface area contributed by atoms with E-state index in [0.717, 1.165) is 5.56 Å². The monoisotopic (exact) mass is 254 g/mol. The average molecular weight is 254 g/mol. The lowest BCUT2D eigenvalue weighted by Gasteiger charge is -2.20. The number of hydrogen-bond donors (Lipinski definition) is 1. The molecule has 0 aliphatic carbocycles. The lowest BCUT2D eigenvalue weighted by molar-refractivity contribution is 0.623. The van der Waals surface area contributed by atoms with Gasteiger partial charge in [-0.2, -0.15) is 5.26 Å². The van der Waals surface area contributed by atoms with Crippen LogP contribution in [0.2, 0.25) is 0 Å². The van der Waals surface area contributed by atoms with Crippen LogP contribution in [0.4, 0.5) is 10.1 Å². The number of halogens is 1. The lowest BCUT2D eigenvalue weighted by atomic mass is 9.94. The maximum Gasteiger partial charge on any atom is 0.146 e. The first kappa shape index (κ1) is 13.1. The first-order chi connectivity index (χ1) is 9.22. The van der Waals surface area contributed by atoms with Crippen molar-refractivity contribution in [2.75, 3.05) is 5.32 Å². The second-order valence-electron chi connectivity index (χ2n) is 4.43. The fourth-order valence-corrected chi connectivity index (χ4v) is 1.96.